The third-order valence-corrected chi connectivity index (χ3v) is 6.48. The molecule has 2 aromatic rings. The number of hydrogen-bond donors (Lipinski definition) is 1. The molecule has 214 valence electrons. The molecular formula is C28H37NO9S. The Balaban J connectivity index is 2.17. The lowest BCUT2D eigenvalue weighted by molar-refractivity contribution is -0.166. The second-order valence-corrected chi connectivity index (χ2v) is 11.8. The van der Waals surface area contributed by atoms with Gasteiger partial charge in [0.15, 0.2) is 9.84 Å². The standard InChI is InChI=1S/C28H37NO9S/c1-7-35-24(30)28(25(31)36-8-2,29-26(32)38-27(3,4)5)18-10-11-20-14-16-21(17-15-20)37-22-12-9-13-23(19-22)39(6,33)34/h9,12-17,19H,7-8,10-11,18H2,1-6H3,(H,29,32). The van der Waals surface area contributed by atoms with Crippen molar-refractivity contribution in [1.29, 1.82) is 0 Å². The average molecular weight is 564 g/mol. The highest BCUT2D eigenvalue weighted by Gasteiger charge is 2.50. The molecule has 39 heavy (non-hydrogen) atoms. The third kappa shape index (κ3) is 9.58. The Bertz CT molecular complexity index is 1230. The van der Waals surface area contributed by atoms with Crippen molar-refractivity contribution in [3.63, 3.8) is 0 Å². The number of esters is 2. The first-order chi connectivity index (χ1) is 18.2. The van der Waals surface area contributed by atoms with E-state index in [1.54, 1.807) is 58.9 Å². The highest BCUT2D eigenvalue weighted by molar-refractivity contribution is 7.90. The number of amides is 1. The van der Waals surface area contributed by atoms with Crippen LogP contribution in [0.4, 0.5) is 4.79 Å². The van der Waals surface area contributed by atoms with Gasteiger partial charge in [0, 0.05) is 6.26 Å². The lowest BCUT2D eigenvalue weighted by Crippen LogP contribution is -2.62. The number of aryl methyl sites for hydroxylation is 1. The monoisotopic (exact) mass is 563 g/mol. The van der Waals surface area contributed by atoms with Gasteiger partial charge in [-0.15, -0.1) is 0 Å². The maximum Gasteiger partial charge on any atom is 0.409 e. The second kappa shape index (κ2) is 13.5. The Labute approximate surface area is 229 Å². The van der Waals surface area contributed by atoms with Gasteiger partial charge in [0.05, 0.1) is 18.1 Å². The van der Waals surface area contributed by atoms with Gasteiger partial charge in [-0.1, -0.05) is 18.2 Å². The molecule has 0 atom stereocenters. The summed E-state index contributed by atoms with van der Waals surface area (Å²) in [5.74, 6) is -0.959. The van der Waals surface area contributed by atoms with Crippen LogP contribution in [-0.4, -0.2) is 57.1 Å². The van der Waals surface area contributed by atoms with Crippen LogP contribution in [0.5, 0.6) is 11.5 Å². The van der Waals surface area contributed by atoms with Gasteiger partial charge in [0.2, 0.25) is 5.54 Å². The molecule has 0 aromatic heterocycles. The van der Waals surface area contributed by atoms with Gasteiger partial charge in [-0.25, -0.2) is 22.8 Å². The van der Waals surface area contributed by atoms with Crippen LogP contribution in [0, 0.1) is 0 Å². The molecule has 0 fully saturated rings. The molecule has 0 saturated heterocycles. The Hall–Kier alpha value is -3.60. The van der Waals surface area contributed by atoms with Crippen molar-refractivity contribution < 1.29 is 41.7 Å². The zero-order chi connectivity index (χ0) is 29.3. The van der Waals surface area contributed by atoms with E-state index < -0.39 is 39.0 Å². The summed E-state index contributed by atoms with van der Waals surface area (Å²) in [4.78, 5) is 38.7. The summed E-state index contributed by atoms with van der Waals surface area (Å²) in [5, 5.41) is 2.42. The average Bonchev–Trinajstić information content (AvgIpc) is 2.83. The number of ether oxygens (including phenoxy) is 4. The fraction of sp³-hybridized carbons (Fsp3) is 0.464. The first-order valence-corrected chi connectivity index (χ1v) is 14.5. The van der Waals surface area contributed by atoms with Crippen molar-refractivity contribution >= 4 is 27.9 Å². The number of carbonyl (C=O) groups excluding carboxylic acids is 3. The van der Waals surface area contributed by atoms with E-state index in [1.807, 2.05) is 12.1 Å². The largest absolute Gasteiger partial charge is 0.464 e. The van der Waals surface area contributed by atoms with E-state index in [0.717, 1.165) is 11.8 Å². The maximum absolute atomic E-state index is 13.0. The Morgan fingerprint density at radius 2 is 1.46 bits per heavy atom. The number of nitrogens with one attached hydrogen (secondary N) is 1. The van der Waals surface area contributed by atoms with Gasteiger partial charge in [0.25, 0.3) is 0 Å². The molecule has 0 radical (unpaired) electrons. The zero-order valence-corrected chi connectivity index (χ0v) is 24.1. The Kier molecular flexibility index (Phi) is 10.9. The van der Waals surface area contributed by atoms with E-state index >= 15 is 0 Å². The zero-order valence-electron chi connectivity index (χ0n) is 23.2. The summed E-state index contributed by atoms with van der Waals surface area (Å²) < 4.78 is 44.9. The van der Waals surface area contributed by atoms with Gasteiger partial charge < -0.3 is 18.9 Å². The summed E-state index contributed by atoms with van der Waals surface area (Å²) >= 11 is 0. The number of benzene rings is 2. The molecule has 2 rings (SSSR count). The van der Waals surface area contributed by atoms with E-state index in [9.17, 15) is 22.8 Å². The normalized spacial score (nSPS) is 11.8. The van der Waals surface area contributed by atoms with Crippen molar-refractivity contribution in [2.75, 3.05) is 19.5 Å². The summed E-state index contributed by atoms with van der Waals surface area (Å²) in [6.45, 7) is 8.20. The molecule has 1 amide bonds. The van der Waals surface area contributed by atoms with Crippen molar-refractivity contribution in [2.45, 2.75) is 69.9 Å². The molecule has 0 aliphatic heterocycles. The fourth-order valence-electron chi connectivity index (χ4n) is 3.62. The summed E-state index contributed by atoms with van der Waals surface area (Å²) in [5.41, 5.74) is -2.04. The van der Waals surface area contributed by atoms with E-state index in [0.29, 0.717) is 24.3 Å². The molecule has 0 unspecified atom stereocenters. The maximum atomic E-state index is 13.0. The fourth-order valence-corrected chi connectivity index (χ4v) is 4.28. The smallest absolute Gasteiger partial charge is 0.409 e. The summed E-state index contributed by atoms with van der Waals surface area (Å²) in [6, 6.07) is 13.3. The molecular weight excluding hydrogens is 526 g/mol. The molecule has 0 saturated carbocycles. The molecule has 2 aromatic carbocycles. The van der Waals surface area contributed by atoms with Gasteiger partial charge in [-0.3, -0.25) is 5.32 Å². The lowest BCUT2D eigenvalue weighted by atomic mass is 9.91. The number of alkyl carbamates (subject to hydrolysis) is 1. The molecule has 1 N–H and O–H groups in total. The molecule has 10 nitrogen and oxygen atoms in total. The van der Waals surface area contributed by atoms with Gasteiger partial charge >= 0.3 is 18.0 Å². The Morgan fingerprint density at radius 1 is 0.872 bits per heavy atom. The molecule has 11 heteroatoms. The van der Waals surface area contributed by atoms with Crippen molar-refractivity contribution in [1.82, 2.24) is 5.32 Å². The van der Waals surface area contributed by atoms with Crippen LogP contribution in [-0.2, 0) is 40.1 Å². The predicted octanol–water partition coefficient (Wildman–Crippen LogP) is 4.59. The number of rotatable bonds is 12. The predicted molar refractivity (Wildman–Crippen MR) is 144 cm³/mol. The first-order valence-electron chi connectivity index (χ1n) is 12.6. The minimum atomic E-state index is -3.36. The van der Waals surface area contributed by atoms with Crippen LogP contribution in [0.1, 0.15) is 53.0 Å². The quantitative estimate of drug-likeness (QED) is 0.223. The van der Waals surface area contributed by atoms with Gasteiger partial charge in [0.1, 0.15) is 17.1 Å². The second-order valence-electron chi connectivity index (χ2n) is 9.82. The summed E-state index contributed by atoms with van der Waals surface area (Å²) in [7, 11) is -3.36. The van der Waals surface area contributed by atoms with E-state index in [4.69, 9.17) is 18.9 Å². The molecule has 0 heterocycles. The van der Waals surface area contributed by atoms with Crippen molar-refractivity contribution in [3.8, 4) is 11.5 Å². The van der Waals surface area contributed by atoms with Crippen molar-refractivity contribution in [2.24, 2.45) is 0 Å². The molecule has 0 spiro atoms. The van der Waals surface area contributed by atoms with E-state index in [1.165, 1.54) is 12.1 Å². The van der Waals surface area contributed by atoms with Crippen LogP contribution in [0.2, 0.25) is 0 Å². The first kappa shape index (κ1) is 31.6. The SMILES string of the molecule is CCOC(=O)C(CCCc1ccc(Oc2cccc(S(C)(=O)=O)c2)cc1)(NC(=O)OC(C)(C)C)C(=O)OCC. The van der Waals surface area contributed by atoms with Crippen molar-refractivity contribution in [3.05, 3.63) is 54.1 Å². The van der Waals surface area contributed by atoms with Gasteiger partial charge in [-0.05, 0) is 89.8 Å². The molecule has 0 aliphatic carbocycles. The number of hydrogen-bond acceptors (Lipinski definition) is 9. The van der Waals surface area contributed by atoms with Crippen LogP contribution in [0.3, 0.4) is 0 Å². The highest BCUT2D eigenvalue weighted by Crippen LogP contribution is 2.26. The highest BCUT2D eigenvalue weighted by atomic mass is 32.2. The van der Waals surface area contributed by atoms with Crippen LogP contribution >= 0.6 is 0 Å². The van der Waals surface area contributed by atoms with Crippen LogP contribution in [0.15, 0.2) is 53.4 Å². The summed E-state index contributed by atoms with van der Waals surface area (Å²) in [6.07, 6.45) is 0.887. The third-order valence-electron chi connectivity index (χ3n) is 5.37. The van der Waals surface area contributed by atoms with Crippen LogP contribution in [0.25, 0.3) is 0 Å². The van der Waals surface area contributed by atoms with Crippen LogP contribution < -0.4 is 10.1 Å². The van der Waals surface area contributed by atoms with E-state index in [2.05, 4.69) is 5.32 Å². The molecule has 0 aliphatic rings. The minimum Gasteiger partial charge on any atom is -0.464 e. The van der Waals surface area contributed by atoms with Gasteiger partial charge in [-0.2, -0.15) is 0 Å². The lowest BCUT2D eigenvalue weighted by Gasteiger charge is -2.31. The number of carbonyl (C=O) groups is 3. The minimum absolute atomic E-state index is 0.00451. The number of sulfone groups is 1. The topological polar surface area (TPSA) is 134 Å². The van der Waals surface area contributed by atoms with E-state index in [-0.39, 0.29) is 24.5 Å². The Morgan fingerprint density at radius 3 is 1.97 bits per heavy atom. The molecule has 0 bridgehead atoms.